The molecule has 0 aliphatic heterocycles. The lowest BCUT2D eigenvalue weighted by atomic mass is 10.0. The Morgan fingerprint density at radius 2 is 1.84 bits per heavy atom. The molecule has 5 nitrogen and oxygen atoms in total. The van der Waals surface area contributed by atoms with E-state index < -0.39 is 6.04 Å². The highest BCUT2D eigenvalue weighted by molar-refractivity contribution is 5.86. The number of aromatic nitrogens is 1. The number of carbonyl (C=O) groups is 1. The van der Waals surface area contributed by atoms with Crippen molar-refractivity contribution in [2.24, 2.45) is 5.73 Å². The molecule has 2 aromatic carbocycles. The molecule has 0 radical (unpaired) electrons. The lowest BCUT2D eigenvalue weighted by Gasteiger charge is -2.14. The van der Waals surface area contributed by atoms with Gasteiger partial charge in [-0.05, 0) is 29.2 Å². The molecule has 130 valence electrons. The molecule has 1 aromatic heterocycles. The van der Waals surface area contributed by atoms with Gasteiger partial charge in [-0.15, -0.1) is 0 Å². The summed E-state index contributed by atoms with van der Waals surface area (Å²) < 4.78 is 5.19. The van der Waals surface area contributed by atoms with E-state index in [4.69, 9.17) is 10.5 Å². The molecule has 3 aromatic rings. The van der Waals surface area contributed by atoms with Crippen LogP contribution < -0.4 is 11.1 Å². The Morgan fingerprint density at radius 3 is 2.64 bits per heavy atom. The highest BCUT2D eigenvalue weighted by Crippen LogP contribution is 2.18. The molecule has 0 fully saturated rings. The summed E-state index contributed by atoms with van der Waals surface area (Å²) in [5.74, 6) is -0.155. The number of fused-ring (bicyclic) bond motifs is 1. The number of H-pyrrole nitrogens is 1. The largest absolute Gasteiger partial charge is 0.380 e. The summed E-state index contributed by atoms with van der Waals surface area (Å²) in [7, 11) is 1.66. The summed E-state index contributed by atoms with van der Waals surface area (Å²) in [4.78, 5) is 15.6. The van der Waals surface area contributed by atoms with Gasteiger partial charge in [0, 0.05) is 30.8 Å². The van der Waals surface area contributed by atoms with Gasteiger partial charge in [-0.1, -0.05) is 42.5 Å². The van der Waals surface area contributed by atoms with Crippen molar-refractivity contribution in [3.8, 4) is 0 Å². The second kappa shape index (κ2) is 7.96. The molecule has 4 N–H and O–H groups in total. The molecule has 0 saturated heterocycles. The third-order valence-corrected chi connectivity index (χ3v) is 4.32. The lowest BCUT2D eigenvalue weighted by molar-refractivity contribution is -0.122. The summed E-state index contributed by atoms with van der Waals surface area (Å²) in [6, 6.07) is 15.3. The Bertz CT molecular complexity index is 857. The van der Waals surface area contributed by atoms with Crippen LogP contribution in [0.25, 0.3) is 10.9 Å². The van der Waals surface area contributed by atoms with Crippen LogP contribution >= 0.6 is 0 Å². The van der Waals surface area contributed by atoms with Crippen LogP contribution in [0.5, 0.6) is 0 Å². The molecular weight excluding hydrogens is 314 g/mol. The minimum atomic E-state index is -0.589. The van der Waals surface area contributed by atoms with E-state index in [0.29, 0.717) is 19.6 Å². The van der Waals surface area contributed by atoms with Crippen LogP contribution in [0.3, 0.4) is 0 Å². The summed E-state index contributed by atoms with van der Waals surface area (Å²) in [6.07, 6.45) is 2.42. The topological polar surface area (TPSA) is 80.1 Å². The van der Waals surface area contributed by atoms with Gasteiger partial charge in [0.1, 0.15) is 0 Å². The number of hydrogen-bond acceptors (Lipinski definition) is 3. The Kier molecular flexibility index (Phi) is 5.48. The summed E-state index contributed by atoms with van der Waals surface area (Å²) >= 11 is 0. The first-order valence-corrected chi connectivity index (χ1v) is 8.33. The molecule has 0 bridgehead atoms. The fourth-order valence-corrected chi connectivity index (χ4v) is 2.97. The molecule has 0 spiro atoms. The third kappa shape index (κ3) is 4.07. The average Bonchev–Trinajstić information content (AvgIpc) is 3.04. The summed E-state index contributed by atoms with van der Waals surface area (Å²) in [5, 5.41) is 4.04. The Hall–Kier alpha value is -2.63. The van der Waals surface area contributed by atoms with Crippen LogP contribution in [-0.4, -0.2) is 24.0 Å². The highest BCUT2D eigenvalue weighted by Gasteiger charge is 2.16. The molecule has 0 saturated carbocycles. The number of benzene rings is 2. The number of methoxy groups -OCH3 is 1. The smallest absolute Gasteiger partial charge is 0.237 e. The molecule has 0 unspecified atom stereocenters. The number of nitrogens with one attached hydrogen (secondary N) is 2. The fourth-order valence-electron chi connectivity index (χ4n) is 2.97. The van der Waals surface area contributed by atoms with E-state index in [1.165, 1.54) is 0 Å². The quantitative estimate of drug-likeness (QED) is 0.620. The molecule has 3 rings (SSSR count). The number of hydrogen-bond donors (Lipinski definition) is 3. The minimum Gasteiger partial charge on any atom is -0.380 e. The Morgan fingerprint density at radius 1 is 1.12 bits per heavy atom. The number of carbonyl (C=O) groups excluding carboxylic acids is 1. The number of para-hydroxylation sites is 1. The number of rotatable bonds is 7. The normalized spacial score (nSPS) is 12.2. The van der Waals surface area contributed by atoms with E-state index in [0.717, 1.165) is 27.6 Å². The molecule has 0 aliphatic rings. The number of ether oxygens (including phenoxy) is 1. The molecule has 1 amide bonds. The maximum atomic E-state index is 12.4. The minimum absolute atomic E-state index is 0.155. The molecular formula is C20H23N3O2. The molecule has 1 atom stereocenters. The average molecular weight is 337 g/mol. The van der Waals surface area contributed by atoms with E-state index in [2.05, 4.69) is 10.3 Å². The molecule has 5 heteroatoms. The monoisotopic (exact) mass is 337 g/mol. The van der Waals surface area contributed by atoms with E-state index in [1.807, 2.05) is 54.7 Å². The van der Waals surface area contributed by atoms with E-state index in [-0.39, 0.29) is 5.91 Å². The van der Waals surface area contributed by atoms with Crippen molar-refractivity contribution in [1.82, 2.24) is 10.3 Å². The second-order valence-corrected chi connectivity index (χ2v) is 6.09. The highest BCUT2D eigenvalue weighted by atomic mass is 16.5. The van der Waals surface area contributed by atoms with Gasteiger partial charge in [-0.25, -0.2) is 0 Å². The van der Waals surface area contributed by atoms with Crippen LogP contribution in [0, 0.1) is 0 Å². The maximum Gasteiger partial charge on any atom is 0.237 e. The Labute approximate surface area is 147 Å². The van der Waals surface area contributed by atoms with Crippen molar-refractivity contribution >= 4 is 16.8 Å². The van der Waals surface area contributed by atoms with E-state index >= 15 is 0 Å². The number of amides is 1. The van der Waals surface area contributed by atoms with Crippen LogP contribution in [0.15, 0.2) is 54.7 Å². The van der Waals surface area contributed by atoms with Crippen LogP contribution in [0.1, 0.15) is 16.7 Å². The first kappa shape index (κ1) is 17.2. The predicted molar refractivity (Wildman–Crippen MR) is 99.0 cm³/mol. The molecule has 0 aliphatic carbocycles. The third-order valence-electron chi connectivity index (χ3n) is 4.32. The predicted octanol–water partition coefficient (Wildman–Crippen LogP) is 2.50. The first-order valence-electron chi connectivity index (χ1n) is 8.33. The van der Waals surface area contributed by atoms with Crippen molar-refractivity contribution in [3.05, 3.63) is 71.4 Å². The number of aromatic amines is 1. The zero-order chi connectivity index (χ0) is 17.6. The van der Waals surface area contributed by atoms with Crippen molar-refractivity contribution in [3.63, 3.8) is 0 Å². The maximum absolute atomic E-state index is 12.4. The SMILES string of the molecule is COCc1ccccc1CNC(=O)[C@@H](N)Cc1c[nH]c2ccccc12. The van der Waals surface area contributed by atoms with Crippen molar-refractivity contribution in [2.75, 3.05) is 7.11 Å². The van der Waals surface area contributed by atoms with Gasteiger partial charge in [-0.2, -0.15) is 0 Å². The van der Waals surface area contributed by atoms with Crippen LogP contribution in [-0.2, 0) is 29.1 Å². The Balaban J connectivity index is 1.61. The van der Waals surface area contributed by atoms with Gasteiger partial charge >= 0.3 is 0 Å². The zero-order valence-corrected chi connectivity index (χ0v) is 14.3. The number of nitrogens with two attached hydrogens (primary N) is 1. The zero-order valence-electron chi connectivity index (χ0n) is 14.3. The van der Waals surface area contributed by atoms with Crippen molar-refractivity contribution < 1.29 is 9.53 Å². The van der Waals surface area contributed by atoms with Gasteiger partial charge in [0.2, 0.25) is 5.91 Å². The summed E-state index contributed by atoms with van der Waals surface area (Å²) in [6.45, 7) is 0.966. The fraction of sp³-hybridized carbons (Fsp3) is 0.250. The van der Waals surface area contributed by atoms with Crippen LogP contribution in [0.4, 0.5) is 0 Å². The lowest BCUT2D eigenvalue weighted by Crippen LogP contribution is -2.41. The van der Waals surface area contributed by atoms with Crippen molar-refractivity contribution in [1.29, 1.82) is 0 Å². The summed E-state index contributed by atoms with van der Waals surface area (Å²) in [5.41, 5.74) is 10.3. The standard InChI is InChI=1S/C20H23N3O2/c1-25-13-15-7-3-2-6-14(15)11-23-20(24)18(21)10-16-12-22-19-9-5-4-8-17(16)19/h2-9,12,18,22H,10-11,13,21H2,1H3,(H,23,24)/t18-/m0/s1. The molecule has 25 heavy (non-hydrogen) atoms. The van der Waals surface area contributed by atoms with Gasteiger partial charge in [0.15, 0.2) is 0 Å². The van der Waals surface area contributed by atoms with Gasteiger partial charge < -0.3 is 20.8 Å². The van der Waals surface area contributed by atoms with Gasteiger partial charge in [0.05, 0.1) is 12.6 Å². The van der Waals surface area contributed by atoms with Gasteiger partial charge in [-0.3, -0.25) is 4.79 Å². The second-order valence-electron chi connectivity index (χ2n) is 6.09. The van der Waals surface area contributed by atoms with E-state index in [9.17, 15) is 4.79 Å². The van der Waals surface area contributed by atoms with Crippen molar-refractivity contribution in [2.45, 2.75) is 25.6 Å². The van der Waals surface area contributed by atoms with E-state index in [1.54, 1.807) is 7.11 Å². The van der Waals surface area contributed by atoms with Crippen LogP contribution in [0.2, 0.25) is 0 Å². The molecule has 1 heterocycles. The first-order chi connectivity index (χ1) is 12.2. The van der Waals surface area contributed by atoms with Gasteiger partial charge in [0.25, 0.3) is 0 Å².